The van der Waals surface area contributed by atoms with Crippen molar-refractivity contribution in [3.63, 3.8) is 0 Å². The molecule has 1 unspecified atom stereocenters. The first-order valence-corrected chi connectivity index (χ1v) is 11.8. The molecule has 170 valence electrons. The van der Waals surface area contributed by atoms with E-state index in [1.54, 1.807) is 26.0 Å². The summed E-state index contributed by atoms with van der Waals surface area (Å²) >= 11 is 0. The Morgan fingerprint density at radius 1 is 1.00 bits per heavy atom. The number of sulfonamides is 1. The molecule has 2 atom stereocenters. The molecule has 0 aliphatic carbocycles. The number of benzene rings is 2. The number of hydrogen-bond acceptors (Lipinski definition) is 5. The first-order valence-electron chi connectivity index (χ1n) is 10.3. The van der Waals surface area contributed by atoms with E-state index in [2.05, 4.69) is 10.0 Å². The standard InChI is InChI=1S/C23H32N2O5S/c1-17(2)22(25-31(27,28)21-13-11-20(29-4)12-14-21)23(26)24-15-8-16-30-18(3)19-9-6-5-7-10-19/h5-7,9-14,17-18,22,25H,8,15-16H2,1-4H3,(H,24,26)/t18?,22-/m0/s1. The van der Waals surface area contributed by atoms with E-state index >= 15 is 0 Å². The molecule has 1 amide bonds. The second-order valence-corrected chi connectivity index (χ2v) is 9.30. The van der Waals surface area contributed by atoms with Crippen LogP contribution in [0.3, 0.4) is 0 Å². The van der Waals surface area contributed by atoms with E-state index in [4.69, 9.17) is 9.47 Å². The van der Waals surface area contributed by atoms with Gasteiger partial charge in [-0.2, -0.15) is 4.72 Å². The average molecular weight is 449 g/mol. The van der Waals surface area contributed by atoms with Crippen LogP contribution >= 0.6 is 0 Å². The second kappa shape index (κ2) is 11.8. The molecule has 0 saturated heterocycles. The summed E-state index contributed by atoms with van der Waals surface area (Å²) in [5, 5.41) is 2.80. The minimum absolute atomic E-state index is 0.0309. The third-order valence-corrected chi connectivity index (χ3v) is 6.32. The highest BCUT2D eigenvalue weighted by Crippen LogP contribution is 2.17. The maximum Gasteiger partial charge on any atom is 0.241 e. The van der Waals surface area contributed by atoms with Gasteiger partial charge in [0.15, 0.2) is 0 Å². The van der Waals surface area contributed by atoms with Gasteiger partial charge < -0.3 is 14.8 Å². The second-order valence-electron chi connectivity index (χ2n) is 7.59. The molecule has 8 heteroatoms. The molecule has 0 heterocycles. The van der Waals surface area contributed by atoms with Crippen LogP contribution in [0, 0.1) is 5.92 Å². The third kappa shape index (κ3) is 7.65. The van der Waals surface area contributed by atoms with E-state index in [0.717, 1.165) is 5.56 Å². The Balaban J connectivity index is 1.84. The molecule has 2 rings (SSSR count). The van der Waals surface area contributed by atoms with Gasteiger partial charge in [-0.15, -0.1) is 0 Å². The van der Waals surface area contributed by atoms with Crippen LogP contribution in [-0.4, -0.2) is 40.6 Å². The van der Waals surface area contributed by atoms with Crippen molar-refractivity contribution in [2.24, 2.45) is 5.92 Å². The van der Waals surface area contributed by atoms with Crippen molar-refractivity contribution in [2.75, 3.05) is 20.3 Å². The molecule has 0 aromatic heterocycles. The van der Waals surface area contributed by atoms with Gasteiger partial charge in [0.2, 0.25) is 15.9 Å². The summed E-state index contributed by atoms with van der Waals surface area (Å²) in [7, 11) is -2.33. The zero-order valence-electron chi connectivity index (χ0n) is 18.5. The monoisotopic (exact) mass is 448 g/mol. The van der Waals surface area contributed by atoms with Crippen molar-refractivity contribution in [1.82, 2.24) is 10.0 Å². The van der Waals surface area contributed by atoms with Crippen molar-refractivity contribution < 1.29 is 22.7 Å². The molecule has 0 radical (unpaired) electrons. The summed E-state index contributed by atoms with van der Waals surface area (Å²) in [5.41, 5.74) is 1.10. The van der Waals surface area contributed by atoms with Gasteiger partial charge in [0, 0.05) is 13.2 Å². The van der Waals surface area contributed by atoms with E-state index in [1.807, 2.05) is 37.3 Å². The maximum absolute atomic E-state index is 12.7. The van der Waals surface area contributed by atoms with Crippen molar-refractivity contribution in [2.45, 2.75) is 44.2 Å². The van der Waals surface area contributed by atoms with Gasteiger partial charge >= 0.3 is 0 Å². The van der Waals surface area contributed by atoms with Crippen LogP contribution in [0.4, 0.5) is 0 Å². The fraction of sp³-hybridized carbons (Fsp3) is 0.435. The van der Waals surface area contributed by atoms with Gasteiger partial charge in [-0.1, -0.05) is 44.2 Å². The number of methoxy groups -OCH3 is 1. The van der Waals surface area contributed by atoms with E-state index in [9.17, 15) is 13.2 Å². The van der Waals surface area contributed by atoms with Gasteiger partial charge in [0.1, 0.15) is 11.8 Å². The number of nitrogens with one attached hydrogen (secondary N) is 2. The van der Waals surface area contributed by atoms with Crippen LogP contribution in [0.25, 0.3) is 0 Å². The van der Waals surface area contributed by atoms with E-state index in [-0.39, 0.29) is 22.8 Å². The first kappa shape index (κ1) is 24.8. The Morgan fingerprint density at radius 2 is 1.65 bits per heavy atom. The lowest BCUT2D eigenvalue weighted by Crippen LogP contribution is -2.49. The first-order chi connectivity index (χ1) is 14.7. The predicted molar refractivity (Wildman–Crippen MR) is 120 cm³/mol. The van der Waals surface area contributed by atoms with Gasteiger partial charge in [0.05, 0.1) is 18.1 Å². The van der Waals surface area contributed by atoms with Crippen molar-refractivity contribution in [3.8, 4) is 5.75 Å². The van der Waals surface area contributed by atoms with Crippen LogP contribution < -0.4 is 14.8 Å². The molecule has 7 nitrogen and oxygen atoms in total. The smallest absolute Gasteiger partial charge is 0.241 e. The molecule has 0 spiro atoms. The summed E-state index contributed by atoms with van der Waals surface area (Å²) < 4.78 is 38.7. The van der Waals surface area contributed by atoms with Gasteiger partial charge in [0.25, 0.3) is 0 Å². The predicted octanol–water partition coefficient (Wildman–Crippen LogP) is 3.28. The van der Waals surface area contributed by atoms with Crippen LogP contribution in [0.2, 0.25) is 0 Å². The summed E-state index contributed by atoms with van der Waals surface area (Å²) in [6.07, 6.45) is 0.593. The molecule has 0 aliphatic rings. The average Bonchev–Trinajstić information content (AvgIpc) is 2.77. The van der Waals surface area contributed by atoms with Crippen LogP contribution in [0.1, 0.15) is 38.9 Å². The fourth-order valence-corrected chi connectivity index (χ4v) is 4.30. The van der Waals surface area contributed by atoms with E-state index < -0.39 is 16.1 Å². The summed E-state index contributed by atoms with van der Waals surface area (Å²) in [5.74, 6) is -0.0218. The summed E-state index contributed by atoms with van der Waals surface area (Å²) in [6.45, 7) is 6.46. The number of rotatable bonds is 12. The lowest BCUT2D eigenvalue weighted by molar-refractivity contribution is -0.123. The van der Waals surface area contributed by atoms with Crippen LogP contribution in [-0.2, 0) is 19.6 Å². The largest absolute Gasteiger partial charge is 0.497 e. The highest BCUT2D eigenvalue weighted by atomic mass is 32.2. The maximum atomic E-state index is 12.7. The SMILES string of the molecule is COc1ccc(S(=O)(=O)N[C@H](C(=O)NCCCOC(C)c2ccccc2)C(C)C)cc1. The molecule has 2 aromatic carbocycles. The molecule has 0 bridgehead atoms. The zero-order chi connectivity index (χ0) is 22.9. The van der Waals surface area contributed by atoms with Gasteiger partial charge in [-0.3, -0.25) is 4.79 Å². The quantitative estimate of drug-likeness (QED) is 0.486. The lowest BCUT2D eigenvalue weighted by atomic mass is 10.1. The molecule has 31 heavy (non-hydrogen) atoms. The normalized spacial score (nSPS) is 13.6. The molecule has 2 N–H and O–H groups in total. The molecule has 0 saturated carbocycles. The van der Waals surface area contributed by atoms with Gasteiger partial charge in [-0.05, 0) is 49.1 Å². The molecule has 0 aliphatic heterocycles. The number of hydrogen-bond donors (Lipinski definition) is 2. The topological polar surface area (TPSA) is 93.7 Å². The summed E-state index contributed by atoms with van der Waals surface area (Å²) in [6, 6.07) is 15.1. The third-order valence-electron chi connectivity index (χ3n) is 4.86. The van der Waals surface area contributed by atoms with Gasteiger partial charge in [-0.25, -0.2) is 8.42 Å². The molecule has 2 aromatic rings. The minimum atomic E-state index is -3.84. The van der Waals surface area contributed by atoms with Crippen LogP contribution in [0.15, 0.2) is 59.5 Å². The molecule has 0 fully saturated rings. The minimum Gasteiger partial charge on any atom is -0.497 e. The highest BCUT2D eigenvalue weighted by molar-refractivity contribution is 7.89. The molecular weight excluding hydrogens is 416 g/mol. The Labute approximate surface area is 185 Å². The number of carbonyl (C=O) groups excluding carboxylic acids is 1. The van der Waals surface area contributed by atoms with E-state index in [1.165, 1.54) is 19.2 Å². The Hall–Kier alpha value is -2.42. The zero-order valence-corrected chi connectivity index (χ0v) is 19.3. The Morgan fingerprint density at radius 3 is 2.23 bits per heavy atom. The fourth-order valence-electron chi connectivity index (χ4n) is 2.96. The van der Waals surface area contributed by atoms with E-state index in [0.29, 0.717) is 25.3 Å². The Bertz CT molecular complexity index is 915. The lowest BCUT2D eigenvalue weighted by Gasteiger charge is -2.22. The van der Waals surface area contributed by atoms with Crippen molar-refractivity contribution >= 4 is 15.9 Å². The Kier molecular flexibility index (Phi) is 9.48. The van der Waals surface area contributed by atoms with Crippen LogP contribution in [0.5, 0.6) is 5.75 Å². The van der Waals surface area contributed by atoms with Crippen molar-refractivity contribution in [3.05, 3.63) is 60.2 Å². The number of amides is 1. The van der Waals surface area contributed by atoms with Crippen molar-refractivity contribution in [1.29, 1.82) is 0 Å². The number of ether oxygens (including phenoxy) is 2. The highest BCUT2D eigenvalue weighted by Gasteiger charge is 2.28. The summed E-state index contributed by atoms with van der Waals surface area (Å²) in [4.78, 5) is 12.7. The molecular formula is C23H32N2O5S. The number of carbonyl (C=O) groups is 1.